The molecule has 0 radical (unpaired) electrons. The lowest BCUT2D eigenvalue weighted by Gasteiger charge is -2.32. The van der Waals surface area contributed by atoms with Crippen LogP contribution in [-0.2, 0) is 10.3 Å². The molecule has 0 saturated heterocycles. The van der Waals surface area contributed by atoms with Crippen LogP contribution < -0.4 is 20.1 Å². The molecule has 1 amide bonds. The Kier molecular flexibility index (Phi) is 4.35. The van der Waals surface area contributed by atoms with Gasteiger partial charge < -0.3 is 20.1 Å². The summed E-state index contributed by atoms with van der Waals surface area (Å²) in [6.07, 6.45) is 6.86. The minimum atomic E-state index is -0.256. The zero-order valence-electron chi connectivity index (χ0n) is 14.1. The van der Waals surface area contributed by atoms with Crippen LogP contribution in [0.3, 0.4) is 0 Å². The Morgan fingerprint density at radius 1 is 1.12 bits per heavy atom. The Labute approximate surface area is 143 Å². The summed E-state index contributed by atoms with van der Waals surface area (Å²) in [5.74, 6) is 2.48. The molecule has 2 fully saturated rings. The molecule has 5 nitrogen and oxygen atoms in total. The lowest BCUT2D eigenvalue weighted by atomic mass is 9.87. The second-order valence-corrected chi connectivity index (χ2v) is 7.27. The van der Waals surface area contributed by atoms with Crippen LogP contribution in [0.15, 0.2) is 18.2 Å². The molecule has 2 saturated carbocycles. The number of carbonyl (C=O) groups is 1. The maximum atomic E-state index is 12.4. The topological polar surface area (TPSA) is 59.6 Å². The maximum absolute atomic E-state index is 12.4. The predicted molar refractivity (Wildman–Crippen MR) is 91.3 cm³/mol. The molecule has 1 aliphatic heterocycles. The summed E-state index contributed by atoms with van der Waals surface area (Å²) >= 11 is 0. The Balaban J connectivity index is 1.46. The maximum Gasteiger partial charge on any atom is 0.234 e. The number of benzene rings is 1. The lowest BCUT2D eigenvalue weighted by molar-refractivity contribution is -0.122. The molecule has 1 heterocycles. The number of hydrogen-bond donors (Lipinski definition) is 2. The van der Waals surface area contributed by atoms with Crippen molar-refractivity contribution in [2.24, 2.45) is 5.92 Å². The second-order valence-electron chi connectivity index (χ2n) is 7.27. The Morgan fingerprint density at radius 2 is 1.88 bits per heavy atom. The van der Waals surface area contributed by atoms with Crippen molar-refractivity contribution < 1.29 is 14.3 Å². The van der Waals surface area contributed by atoms with Gasteiger partial charge in [0.2, 0.25) is 5.91 Å². The summed E-state index contributed by atoms with van der Waals surface area (Å²) in [6, 6.07) is 6.11. The Bertz CT molecular complexity index is 607. The summed E-state index contributed by atoms with van der Waals surface area (Å²) in [6.45, 7) is 2.55. The lowest BCUT2D eigenvalue weighted by Crippen LogP contribution is -2.47. The van der Waals surface area contributed by atoms with E-state index >= 15 is 0 Å². The van der Waals surface area contributed by atoms with Gasteiger partial charge in [0.25, 0.3) is 0 Å². The summed E-state index contributed by atoms with van der Waals surface area (Å²) in [5.41, 5.74) is 0.883. The molecule has 5 heteroatoms. The van der Waals surface area contributed by atoms with Gasteiger partial charge in [-0.15, -0.1) is 0 Å². The van der Waals surface area contributed by atoms with E-state index in [1.807, 2.05) is 6.07 Å². The highest BCUT2D eigenvalue weighted by molar-refractivity contribution is 5.79. The normalized spacial score (nSPS) is 21.5. The van der Waals surface area contributed by atoms with E-state index in [-0.39, 0.29) is 11.4 Å². The molecule has 2 aliphatic carbocycles. The van der Waals surface area contributed by atoms with Gasteiger partial charge in [-0.25, -0.2) is 0 Å². The first kappa shape index (κ1) is 15.8. The van der Waals surface area contributed by atoms with Crippen LogP contribution in [0.1, 0.15) is 44.1 Å². The van der Waals surface area contributed by atoms with Crippen molar-refractivity contribution in [1.82, 2.24) is 10.6 Å². The average molecular weight is 330 g/mol. The first-order chi connectivity index (χ1) is 11.8. The van der Waals surface area contributed by atoms with Crippen molar-refractivity contribution in [2.75, 3.05) is 26.3 Å². The van der Waals surface area contributed by atoms with E-state index in [1.165, 1.54) is 12.8 Å². The third kappa shape index (κ3) is 3.36. The van der Waals surface area contributed by atoms with Crippen molar-refractivity contribution in [3.63, 3.8) is 0 Å². The summed E-state index contributed by atoms with van der Waals surface area (Å²) in [5, 5.41) is 6.59. The highest BCUT2D eigenvalue weighted by Crippen LogP contribution is 2.42. The monoisotopic (exact) mass is 330 g/mol. The van der Waals surface area contributed by atoms with Crippen LogP contribution in [0.5, 0.6) is 11.5 Å². The third-order valence-corrected chi connectivity index (χ3v) is 5.35. The van der Waals surface area contributed by atoms with Crippen LogP contribution in [0, 0.1) is 5.92 Å². The first-order valence-electron chi connectivity index (χ1n) is 9.17. The highest BCUT2D eigenvalue weighted by Gasteiger charge is 2.37. The molecular formula is C19H26N2O3. The number of amides is 1. The van der Waals surface area contributed by atoms with Gasteiger partial charge in [-0.3, -0.25) is 4.79 Å². The number of carbonyl (C=O) groups excluding carboxylic acids is 1. The molecule has 2 N–H and O–H groups in total. The van der Waals surface area contributed by atoms with Crippen molar-refractivity contribution in [1.29, 1.82) is 0 Å². The minimum Gasteiger partial charge on any atom is -0.486 e. The van der Waals surface area contributed by atoms with E-state index in [0.29, 0.717) is 19.8 Å². The average Bonchev–Trinajstić information content (AvgIpc) is 3.31. The molecule has 0 spiro atoms. The van der Waals surface area contributed by atoms with Crippen LogP contribution in [-0.4, -0.2) is 32.2 Å². The minimum absolute atomic E-state index is 0.0902. The van der Waals surface area contributed by atoms with E-state index in [4.69, 9.17) is 9.47 Å². The molecule has 0 unspecified atom stereocenters. The van der Waals surface area contributed by atoms with Gasteiger partial charge in [0.05, 0.1) is 12.1 Å². The van der Waals surface area contributed by atoms with Gasteiger partial charge in [-0.2, -0.15) is 0 Å². The zero-order chi connectivity index (χ0) is 16.4. The fourth-order valence-electron chi connectivity index (χ4n) is 3.83. The molecule has 4 rings (SSSR count). The molecular weight excluding hydrogens is 304 g/mol. The van der Waals surface area contributed by atoms with Crippen molar-refractivity contribution >= 4 is 5.91 Å². The van der Waals surface area contributed by atoms with Crippen LogP contribution in [0.2, 0.25) is 0 Å². The van der Waals surface area contributed by atoms with Crippen molar-refractivity contribution in [3.05, 3.63) is 23.8 Å². The fourth-order valence-corrected chi connectivity index (χ4v) is 3.83. The fraction of sp³-hybridized carbons (Fsp3) is 0.632. The molecule has 1 aromatic carbocycles. The molecule has 0 aromatic heterocycles. The Hall–Kier alpha value is -1.75. The summed E-state index contributed by atoms with van der Waals surface area (Å²) < 4.78 is 11.3. The number of nitrogens with one attached hydrogen (secondary N) is 2. The molecule has 1 aromatic rings. The smallest absolute Gasteiger partial charge is 0.234 e. The van der Waals surface area contributed by atoms with Crippen molar-refractivity contribution in [3.8, 4) is 11.5 Å². The van der Waals surface area contributed by atoms with E-state index in [1.54, 1.807) is 0 Å². The zero-order valence-corrected chi connectivity index (χ0v) is 14.1. The van der Waals surface area contributed by atoms with Gasteiger partial charge in [0, 0.05) is 0 Å². The SMILES string of the molecule is O=C(CNCC1CC1)NC1(c2ccc3c(c2)OCCO3)CCCC1. The summed E-state index contributed by atoms with van der Waals surface area (Å²) in [7, 11) is 0. The van der Waals surface area contributed by atoms with Gasteiger partial charge in [0.15, 0.2) is 11.5 Å². The standard InChI is InChI=1S/C19H26N2O3/c22-18(13-20-12-14-3-4-14)21-19(7-1-2-8-19)15-5-6-16-17(11-15)24-10-9-23-16/h5-6,11,14,20H,1-4,7-10,12-13H2,(H,21,22). The van der Waals surface area contributed by atoms with E-state index in [2.05, 4.69) is 22.8 Å². The third-order valence-electron chi connectivity index (χ3n) is 5.35. The first-order valence-corrected chi connectivity index (χ1v) is 9.17. The number of ether oxygens (including phenoxy) is 2. The van der Waals surface area contributed by atoms with Gasteiger partial charge in [-0.05, 0) is 55.8 Å². The van der Waals surface area contributed by atoms with Gasteiger partial charge in [-0.1, -0.05) is 18.9 Å². The highest BCUT2D eigenvalue weighted by atomic mass is 16.6. The number of hydrogen-bond acceptors (Lipinski definition) is 4. The van der Waals surface area contributed by atoms with E-state index in [9.17, 15) is 4.79 Å². The Morgan fingerprint density at radius 3 is 2.62 bits per heavy atom. The number of rotatable bonds is 6. The molecule has 3 aliphatic rings. The van der Waals surface area contributed by atoms with Crippen LogP contribution in [0.4, 0.5) is 0 Å². The van der Waals surface area contributed by atoms with E-state index < -0.39 is 0 Å². The molecule has 0 bridgehead atoms. The molecule has 24 heavy (non-hydrogen) atoms. The largest absolute Gasteiger partial charge is 0.486 e. The van der Waals surface area contributed by atoms with Crippen molar-refractivity contribution in [2.45, 2.75) is 44.1 Å². The van der Waals surface area contributed by atoms with Gasteiger partial charge >= 0.3 is 0 Å². The summed E-state index contributed by atoms with van der Waals surface area (Å²) in [4.78, 5) is 12.4. The van der Waals surface area contributed by atoms with Gasteiger partial charge in [0.1, 0.15) is 13.2 Å². The van der Waals surface area contributed by atoms with E-state index in [0.717, 1.165) is 55.2 Å². The number of fused-ring (bicyclic) bond motifs is 1. The molecule has 130 valence electrons. The second kappa shape index (κ2) is 6.63. The predicted octanol–water partition coefficient (Wildman–Crippen LogP) is 2.34. The molecule has 0 atom stereocenters. The van der Waals surface area contributed by atoms with Crippen LogP contribution >= 0.6 is 0 Å². The van der Waals surface area contributed by atoms with Crippen LogP contribution in [0.25, 0.3) is 0 Å². The quantitative estimate of drug-likeness (QED) is 0.840.